The second kappa shape index (κ2) is 7.53. The van der Waals surface area contributed by atoms with Crippen molar-refractivity contribution in [3.05, 3.63) is 0 Å². The van der Waals surface area contributed by atoms with E-state index in [1.54, 1.807) is 0 Å². The fourth-order valence-electron chi connectivity index (χ4n) is 3.03. The summed E-state index contributed by atoms with van der Waals surface area (Å²) in [5, 5.41) is 10.4. The van der Waals surface area contributed by atoms with Crippen molar-refractivity contribution in [2.75, 3.05) is 0 Å². The lowest BCUT2D eigenvalue weighted by atomic mass is 9.78. The zero-order chi connectivity index (χ0) is 13.5. The van der Waals surface area contributed by atoms with Crippen LogP contribution in [0, 0.1) is 5.41 Å². The van der Waals surface area contributed by atoms with Gasteiger partial charge in [0.05, 0.1) is 5.60 Å². The van der Waals surface area contributed by atoms with E-state index in [0.29, 0.717) is 5.41 Å². The Balaban J connectivity index is 2.44. The van der Waals surface area contributed by atoms with Crippen molar-refractivity contribution in [3.8, 4) is 0 Å². The van der Waals surface area contributed by atoms with Crippen molar-refractivity contribution in [3.63, 3.8) is 0 Å². The van der Waals surface area contributed by atoms with E-state index in [1.165, 1.54) is 64.2 Å². The lowest BCUT2D eigenvalue weighted by Gasteiger charge is -2.30. The molecular weight excluding hydrogens is 220 g/mol. The predicted molar refractivity (Wildman–Crippen MR) is 79.8 cm³/mol. The van der Waals surface area contributed by atoms with E-state index in [0.717, 1.165) is 12.8 Å². The molecule has 0 radical (unpaired) electrons. The summed E-state index contributed by atoms with van der Waals surface area (Å²) >= 11 is 0. The molecule has 1 fully saturated rings. The third-order valence-electron chi connectivity index (χ3n) is 4.66. The first-order valence-corrected chi connectivity index (χ1v) is 8.14. The number of rotatable bonds is 0. The van der Waals surface area contributed by atoms with Crippen LogP contribution in [0.15, 0.2) is 0 Å². The molecule has 0 aliphatic heterocycles. The first-order valence-electron chi connectivity index (χ1n) is 8.14. The van der Waals surface area contributed by atoms with Gasteiger partial charge in [-0.25, -0.2) is 0 Å². The van der Waals surface area contributed by atoms with E-state index in [9.17, 15) is 5.11 Å². The van der Waals surface area contributed by atoms with Gasteiger partial charge in [-0.3, -0.25) is 0 Å². The maximum absolute atomic E-state index is 10.4. The maximum atomic E-state index is 10.4. The van der Waals surface area contributed by atoms with Gasteiger partial charge in [0.25, 0.3) is 0 Å². The Hall–Kier alpha value is -0.0400. The highest BCUT2D eigenvalue weighted by atomic mass is 16.3. The van der Waals surface area contributed by atoms with E-state index in [4.69, 9.17) is 0 Å². The summed E-state index contributed by atoms with van der Waals surface area (Å²) in [6, 6.07) is 0. The van der Waals surface area contributed by atoms with E-state index in [-0.39, 0.29) is 0 Å². The average Bonchev–Trinajstić information content (AvgIpc) is 2.28. The Morgan fingerprint density at radius 2 is 1.00 bits per heavy atom. The van der Waals surface area contributed by atoms with Gasteiger partial charge in [-0.15, -0.1) is 0 Å². The lowest BCUT2D eigenvalue weighted by Crippen LogP contribution is -2.27. The van der Waals surface area contributed by atoms with Crippen LogP contribution in [-0.4, -0.2) is 10.7 Å². The second-order valence-corrected chi connectivity index (χ2v) is 7.49. The average molecular weight is 254 g/mol. The Morgan fingerprint density at radius 3 is 1.56 bits per heavy atom. The fraction of sp³-hybridized carbons (Fsp3) is 1.00. The maximum Gasteiger partial charge on any atom is 0.0620 e. The molecule has 1 aliphatic carbocycles. The van der Waals surface area contributed by atoms with Gasteiger partial charge in [-0.1, -0.05) is 65.2 Å². The molecule has 0 saturated heterocycles. The third kappa shape index (κ3) is 7.41. The van der Waals surface area contributed by atoms with E-state index in [1.807, 2.05) is 6.92 Å². The predicted octanol–water partition coefficient (Wildman–Crippen LogP) is 5.46. The summed E-state index contributed by atoms with van der Waals surface area (Å²) < 4.78 is 0. The molecule has 108 valence electrons. The summed E-state index contributed by atoms with van der Waals surface area (Å²) in [4.78, 5) is 0. The molecule has 1 nitrogen and oxygen atoms in total. The van der Waals surface area contributed by atoms with Gasteiger partial charge >= 0.3 is 0 Å². The van der Waals surface area contributed by atoms with Crippen molar-refractivity contribution >= 4 is 0 Å². The van der Waals surface area contributed by atoms with Gasteiger partial charge in [-0.2, -0.15) is 0 Å². The first kappa shape index (κ1) is 16.0. The van der Waals surface area contributed by atoms with Gasteiger partial charge in [-0.05, 0) is 38.0 Å². The van der Waals surface area contributed by atoms with Crippen molar-refractivity contribution in [1.82, 2.24) is 0 Å². The standard InChI is InChI=1S/C17H34O/c1-16(2)12-10-8-6-4-5-7-9-11-13-17(3,18)15-14-16/h18H,4-15H2,1-3H3. The summed E-state index contributed by atoms with van der Waals surface area (Å²) in [6.45, 7) is 6.78. The van der Waals surface area contributed by atoms with E-state index < -0.39 is 5.60 Å². The van der Waals surface area contributed by atoms with E-state index >= 15 is 0 Å². The molecule has 1 saturated carbocycles. The minimum Gasteiger partial charge on any atom is -0.390 e. The first-order chi connectivity index (χ1) is 8.41. The SMILES string of the molecule is CC1(C)CCCCCCCCCCC(C)(O)CC1. The highest BCUT2D eigenvalue weighted by Gasteiger charge is 2.25. The van der Waals surface area contributed by atoms with Crippen molar-refractivity contribution in [2.24, 2.45) is 5.41 Å². The molecule has 1 atom stereocenters. The summed E-state index contributed by atoms with van der Waals surface area (Å²) in [5.41, 5.74) is -0.0184. The number of hydrogen-bond donors (Lipinski definition) is 1. The molecule has 0 heterocycles. The van der Waals surface area contributed by atoms with Crippen LogP contribution < -0.4 is 0 Å². The lowest BCUT2D eigenvalue weighted by molar-refractivity contribution is 0.0258. The second-order valence-electron chi connectivity index (χ2n) is 7.49. The Bertz CT molecular complexity index is 194. The molecular formula is C17H34O. The summed E-state index contributed by atoms with van der Waals surface area (Å²) in [7, 11) is 0. The molecule has 0 spiro atoms. The minimum absolute atomic E-state index is 0.411. The fourth-order valence-corrected chi connectivity index (χ4v) is 3.03. The molecule has 1 aliphatic rings. The topological polar surface area (TPSA) is 20.2 Å². The molecule has 1 N–H and O–H groups in total. The van der Waals surface area contributed by atoms with E-state index in [2.05, 4.69) is 13.8 Å². The van der Waals surface area contributed by atoms with Gasteiger partial charge in [0.2, 0.25) is 0 Å². The molecule has 1 rings (SSSR count). The summed E-state index contributed by atoms with van der Waals surface area (Å²) in [6.07, 6.45) is 15.3. The van der Waals surface area contributed by atoms with Crippen LogP contribution in [-0.2, 0) is 0 Å². The van der Waals surface area contributed by atoms with Crippen LogP contribution in [0.25, 0.3) is 0 Å². The Labute approximate surface area is 114 Å². The highest BCUT2D eigenvalue weighted by Crippen LogP contribution is 2.33. The molecule has 0 aromatic carbocycles. The molecule has 1 unspecified atom stereocenters. The van der Waals surface area contributed by atoms with Gasteiger partial charge in [0, 0.05) is 0 Å². The number of hydrogen-bond acceptors (Lipinski definition) is 1. The summed E-state index contributed by atoms with van der Waals surface area (Å²) in [5.74, 6) is 0. The zero-order valence-electron chi connectivity index (χ0n) is 12.9. The monoisotopic (exact) mass is 254 g/mol. The highest BCUT2D eigenvalue weighted by molar-refractivity contribution is 4.78. The van der Waals surface area contributed by atoms with Crippen LogP contribution in [0.1, 0.15) is 97.8 Å². The van der Waals surface area contributed by atoms with Crippen LogP contribution in [0.5, 0.6) is 0 Å². The largest absolute Gasteiger partial charge is 0.390 e. The van der Waals surface area contributed by atoms with Gasteiger partial charge in [0.1, 0.15) is 0 Å². The Morgan fingerprint density at radius 1 is 0.556 bits per heavy atom. The molecule has 1 heteroatoms. The van der Waals surface area contributed by atoms with Crippen LogP contribution in [0.2, 0.25) is 0 Å². The number of aliphatic hydroxyl groups is 1. The molecule has 18 heavy (non-hydrogen) atoms. The quantitative estimate of drug-likeness (QED) is 0.608. The van der Waals surface area contributed by atoms with Crippen LogP contribution >= 0.6 is 0 Å². The van der Waals surface area contributed by atoms with Crippen molar-refractivity contribution < 1.29 is 5.11 Å². The Kier molecular flexibility index (Phi) is 6.70. The minimum atomic E-state index is -0.429. The zero-order valence-corrected chi connectivity index (χ0v) is 12.9. The third-order valence-corrected chi connectivity index (χ3v) is 4.66. The van der Waals surface area contributed by atoms with Crippen molar-refractivity contribution in [1.29, 1.82) is 0 Å². The van der Waals surface area contributed by atoms with Gasteiger partial charge < -0.3 is 5.11 Å². The molecule has 0 amide bonds. The van der Waals surface area contributed by atoms with Crippen LogP contribution in [0.3, 0.4) is 0 Å². The smallest absolute Gasteiger partial charge is 0.0620 e. The molecule has 0 aromatic rings. The van der Waals surface area contributed by atoms with Crippen LogP contribution in [0.4, 0.5) is 0 Å². The normalized spacial score (nSPS) is 32.7. The van der Waals surface area contributed by atoms with Gasteiger partial charge in [0.15, 0.2) is 0 Å². The molecule has 0 aromatic heterocycles. The molecule has 0 bridgehead atoms. The van der Waals surface area contributed by atoms with Crippen molar-refractivity contribution in [2.45, 2.75) is 103 Å².